The van der Waals surface area contributed by atoms with Crippen LogP contribution in [0.5, 0.6) is 0 Å². The quantitative estimate of drug-likeness (QED) is 0.576. The molecule has 3 rings (SSSR count). The summed E-state index contributed by atoms with van der Waals surface area (Å²) in [7, 11) is 1.76. The van der Waals surface area contributed by atoms with E-state index in [9.17, 15) is 14.9 Å². The molecule has 5 nitrogen and oxygen atoms in total. The van der Waals surface area contributed by atoms with Crippen LogP contribution in [0.15, 0.2) is 18.2 Å². The number of nitrogens with zero attached hydrogens (tertiary/aromatic N) is 2. The molecule has 1 heterocycles. The van der Waals surface area contributed by atoms with Crippen LogP contribution in [0.2, 0.25) is 0 Å². The first kappa shape index (κ1) is 12.1. The van der Waals surface area contributed by atoms with Gasteiger partial charge in [-0.25, -0.2) is 0 Å². The Bertz CT molecular complexity index is 562. The zero-order valence-electron chi connectivity index (χ0n) is 10.9. The summed E-state index contributed by atoms with van der Waals surface area (Å²) in [6.45, 7) is 0. The second kappa shape index (κ2) is 4.05. The fourth-order valence-corrected chi connectivity index (χ4v) is 3.50. The molecule has 5 heteroatoms. The highest BCUT2D eigenvalue weighted by Crippen LogP contribution is 2.50. The van der Waals surface area contributed by atoms with Crippen LogP contribution in [0.25, 0.3) is 0 Å². The predicted octanol–water partition coefficient (Wildman–Crippen LogP) is 2.77. The number of likely N-dealkylation sites (N-methyl/N-ethyl adjacent to an activating group) is 1. The number of carbonyl (C=O) groups excluding carboxylic acids is 1. The van der Waals surface area contributed by atoms with Gasteiger partial charge in [0.15, 0.2) is 0 Å². The average molecular weight is 260 g/mol. The molecule has 0 N–H and O–H groups in total. The van der Waals surface area contributed by atoms with E-state index >= 15 is 0 Å². The highest BCUT2D eigenvalue weighted by atomic mass is 16.6. The molecule has 1 saturated carbocycles. The fraction of sp³-hybridized carbons (Fsp3) is 0.500. The maximum absolute atomic E-state index is 12.6. The smallest absolute Gasteiger partial charge is 0.269 e. The third-order valence-electron chi connectivity index (χ3n) is 4.49. The summed E-state index contributed by atoms with van der Waals surface area (Å²) in [4.78, 5) is 24.8. The maximum atomic E-state index is 12.6. The van der Waals surface area contributed by atoms with Crippen LogP contribution in [0.3, 0.4) is 0 Å². The third kappa shape index (κ3) is 1.57. The van der Waals surface area contributed by atoms with Gasteiger partial charge in [0.2, 0.25) is 5.91 Å². The van der Waals surface area contributed by atoms with E-state index in [1.807, 2.05) is 0 Å². The first-order valence-electron chi connectivity index (χ1n) is 6.63. The Hall–Kier alpha value is -1.91. The van der Waals surface area contributed by atoms with Crippen molar-refractivity contribution in [1.82, 2.24) is 0 Å². The first-order chi connectivity index (χ1) is 9.06. The lowest BCUT2D eigenvalue weighted by Gasteiger charge is -2.31. The van der Waals surface area contributed by atoms with E-state index in [1.54, 1.807) is 24.1 Å². The van der Waals surface area contributed by atoms with Crippen molar-refractivity contribution in [3.8, 4) is 0 Å². The SMILES string of the molecule is CN1C(=O)C2(CCCCC2)c2cc([N+](=O)[O-])ccc21. The van der Waals surface area contributed by atoms with Crippen molar-refractivity contribution < 1.29 is 9.72 Å². The molecule has 1 spiro atoms. The molecule has 0 atom stereocenters. The summed E-state index contributed by atoms with van der Waals surface area (Å²) in [6.07, 6.45) is 4.79. The summed E-state index contributed by atoms with van der Waals surface area (Å²) >= 11 is 0. The number of nitro groups is 1. The molecule has 2 aliphatic rings. The molecule has 1 aliphatic heterocycles. The van der Waals surface area contributed by atoms with E-state index in [0.717, 1.165) is 43.4 Å². The number of amides is 1. The van der Waals surface area contributed by atoms with E-state index in [2.05, 4.69) is 0 Å². The number of anilines is 1. The van der Waals surface area contributed by atoms with Gasteiger partial charge in [0.05, 0.1) is 10.3 Å². The lowest BCUT2D eigenvalue weighted by molar-refractivity contribution is -0.384. The Morgan fingerprint density at radius 2 is 1.95 bits per heavy atom. The first-order valence-corrected chi connectivity index (χ1v) is 6.63. The topological polar surface area (TPSA) is 63.5 Å². The van der Waals surface area contributed by atoms with Crippen molar-refractivity contribution in [1.29, 1.82) is 0 Å². The number of nitro benzene ring substituents is 1. The van der Waals surface area contributed by atoms with E-state index in [0.29, 0.717) is 0 Å². The van der Waals surface area contributed by atoms with Crippen LogP contribution in [-0.2, 0) is 10.2 Å². The largest absolute Gasteiger partial charge is 0.314 e. The molecular formula is C14H16N2O3. The van der Waals surface area contributed by atoms with Crippen LogP contribution in [0.1, 0.15) is 37.7 Å². The number of fused-ring (bicyclic) bond motifs is 2. The number of hydrogen-bond acceptors (Lipinski definition) is 3. The number of benzene rings is 1. The summed E-state index contributed by atoms with van der Waals surface area (Å²) in [5.74, 6) is 0.0997. The lowest BCUT2D eigenvalue weighted by Crippen LogP contribution is -2.40. The molecule has 100 valence electrons. The summed E-state index contributed by atoms with van der Waals surface area (Å²) < 4.78 is 0. The van der Waals surface area contributed by atoms with Crippen LogP contribution < -0.4 is 4.90 Å². The molecule has 1 amide bonds. The molecule has 0 unspecified atom stereocenters. The Morgan fingerprint density at radius 1 is 1.26 bits per heavy atom. The van der Waals surface area contributed by atoms with Gasteiger partial charge in [-0.3, -0.25) is 14.9 Å². The van der Waals surface area contributed by atoms with Gasteiger partial charge in [0.1, 0.15) is 0 Å². The Labute approximate surface area is 111 Å². The molecule has 1 aromatic rings. The fourth-order valence-electron chi connectivity index (χ4n) is 3.50. The number of carbonyl (C=O) groups is 1. The molecule has 1 aliphatic carbocycles. The van der Waals surface area contributed by atoms with Gasteiger partial charge in [-0.1, -0.05) is 19.3 Å². The normalized spacial score (nSPS) is 20.7. The van der Waals surface area contributed by atoms with Crippen molar-refractivity contribution in [3.05, 3.63) is 33.9 Å². The van der Waals surface area contributed by atoms with Gasteiger partial charge >= 0.3 is 0 Å². The standard InChI is InChI=1S/C14H16N2O3/c1-15-12-6-5-10(16(18)19)9-11(12)14(13(15)17)7-3-2-4-8-14/h5-6,9H,2-4,7-8H2,1H3. The highest BCUT2D eigenvalue weighted by molar-refractivity contribution is 6.08. The monoisotopic (exact) mass is 260 g/mol. The minimum atomic E-state index is -0.506. The lowest BCUT2D eigenvalue weighted by atomic mass is 9.70. The molecule has 0 saturated heterocycles. The Kier molecular flexibility index (Phi) is 2.59. The van der Waals surface area contributed by atoms with Crippen LogP contribution in [0, 0.1) is 10.1 Å². The summed E-state index contributed by atoms with van der Waals surface area (Å²) in [5.41, 5.74) is 1.26. The van der Waals surface area contributed by atoms with Crippen molar-refractivity contribution in [2.24, 2.45) is 0 Å². The Morgan fingerprint density at radius 3 is 2.58 bits per heavy atom. The zero-order chi connectivity index (χ0) is 13.6. The predicted molar refractivity (Wildman–Crippen MR) is 71.3 cm³/mol. The third-order valence-corrected chi connectivity index (χ3v) is 4.49. The summed E-state index contributed by atoms with van der Waals surface area (Å²) in [6, 6.07) is 4.78. The molecule has 0 bridgehead atoms. The molecular weight excluding hydrogens is 244 g/mol. The highest BCUT2D eigenvalue weighted by Gasteiger charge is 2.50. The molecule has 0 aromatic heterocycles. The zero-order valence-corrected chi connectivity index (χ0v) is 10.9. The maximum Gasteiger partial charge on any atom is 0.269 e. The molecule has 19 heavy (non-hydrogen) atoms. The van der Waals surface area contributed by atoms with Crippen molar-refractivity contribution in [2.45, 2.75) is 37.5 Å². The number of non-ortho nitro benzene ring substituents is 1. The molecule has 1 aromatic carbocycles. The van der Waals surface area contributed by atoms with Crippen LogP contribution in [-0.4, -0.2) is 17.9 Å². The van der Waals surface area contributed by atoms with Gasteiger partial charge in [0.25, 0.3) is 5.69 Å². The van der Waals surface area contributed by atoms with Crippen LogP contribution >= 0.6 is 0 Å². The van der Waals surface area contributed by atoms with Gasteiger partial charge in [-0.2, -0.15) is 0 Å². The van der Waals surface area contributed by atoms with E-state index in [4.69, 9.17) is 0 Å². The van der Waals surface area contributed by atoms with Gasteiger partial charge in [-0.15, -0.1) is 0 Å². The second-order valence-corrected chi connectivity index (χ2v) is 5.47. The average Bonchev–Trinajstić information content (AvgIpc) is 2.63. The molecule has 0 radical (unpaired) electrons. The van der Waals surface area contributed by atoms with Crippen molar-refractivity contribution >= 4 is 17.3 Å². The van der Waals surface area contributed by atoms with Gasteiger partial charge < -0.3 is 4.90 Å². The number of rotatable bonds is 1. The molecule has 1 fully saturated rings. The second-order valence-electron chi connectivity index (χ2n) is 5.47. The summed E-state index contributed by atoms with van der Waals surface area (Å²) in [5, 5.41) is 10.9. The minimum Gasteiger partial charge on any atom is -0.314 e. The number of hydrogen-bond donors (Lipinski definition) is 0. The van der Waals surface area contributed by atoms with Crippen molar-refractivity contribution in [2.75, 3.05) is 11.9 Å². The van der Waals surface area contributed by atoms with Crippen LogP contribution in [0.4, 0.5) is 11.4 Å². The van der Waals surface area contributed by atoms with E-state index in [1.165, 1.54) is 6.07 Å². The van der Waals surface area contributed by atoms with E-state index < -0.39 is 5.41 Å². The van der Waals surface area contributed by atoms with Gasteiger partial charge in [-0.05, 0) is 24.5 Å². The van der Waals surface area contributed by atoms with E-state index in [-0.39, 0.29) is 16.5 Å². The van der Waals surface area contributed by atoms with Gasteiger partial charge in [0, 0.05) is 24.9 Å². The van der Waals surface area contributed by atoms with Crippen molar-refractivity contribution in [3.63, 3.8) is 0 Å². The Balaban J connectivity index is 2.17. The minimum absolute atomic E-state index is 0.0757.